The molecule has 37 heavy (non-hydrogen) atoms. The molecule has 2 atom stereocenters. The van der Waals surface area contributed by atoms with Crippen LogP contribution in [0.15, 0.2) is 72.8 Å². The van der Waals surface area contributed by atoms with Crippen LogP contribution in [0.1, 0.15) is 42.5 Å². The zero-order valence-electron chi connectivity index (χ0n) is 21.5. The second-order valence-electron chi connectivity index (χ2n) is 9.21. The minimum absolute atomic E-state index is 0.00290. The topological polar surface area (TPSA) is 49.4 Å². The van der Waals surface area contributed by atoms with E-state index in [2.05, 4.69) is 24.4 Å². The summed E-state index contributed by atoms with van der Waals surface area (Å²) in [4.78, 5) is 29.0. The lowest BCUT2D eigenvalue weighted by molar-refractivity contribution is -0.139. The van der Waals surface area contributed by atoms with E-state index in [4.69, 9.17) is 23.2 Å². The molecule has 2 amide bonds. The van der Waals surface area contributed by atoms with Crippen molar-refractivity contribution in [3.63, 3.8) is 0 Å². The number of hydrogen-bond acceptors (Lipinski definition) is 3. The largest absolute Gasteiger partial charge is 0.352 e. The van der Waals surface area contributed by atoms with Crippen molar-refractivity contribution in [1.29, 1.82) is 0 Å². The van der Waals surface area contributed by atoms with Crippen LogP contribution in [-0.2, 0) is 28.3 Å². The van der Waals surface area contributed by atoms with Crippen LogP contribution in [0.25, 0.3) is 0 Å². The van der Waals surface area contributed by atoms with E-state index in [1.165, 1.54) is 11.1 Å². The fraction of sp³-hybridized carbons (Fsp3) is 0.333. The lowest BCUT2D eigenvalue weighted by atomic mass is 10.0. The van der Waals surface area contributed by atoms with E-state index in [0.29, 0.717) is 16.5 Å². The van der Waals surface area contributed by atoms with E-state index >= 15 is 0 Å². The molecule has 3 rings (SSSR count). The Morgan fingerprint density at radius 1 is 0.946 bits per heavy atom. The minimum atomic E-state index is -0.669. The number of carbonyl (C=O) groups excluding carboxylic acids is 2. The molecule has 0 fully saturated rings. The second-order valence-corrected chi connectivity index (χ2v) is 11.0. The standard InChI is InChI=1S/C30H34Cl2N2O2S/c1-4-22(3)33-30(36)28(17-23-11-6-5-7-12-23)34(18-24-14-15-26(31)27(32)16-24)29(35)20-37-19-25-13-9-8-10-21(25)2/h5-16,22,28H,4,17-20H2,1-3H3,(H,33,36)/t22-,28-/m0/s1. The van der Waals surface area contributed by atoms with Gasteiger partial charge in [-0.3, -0.25) is 9.59 Å². The Kier molecular flexibility index (Phi) is 11.4. The van der Waals surface area contributed by atoms with Gasteiger partial charge >= 0.3 is 0 Å². The van der Waals surface area contributed by atoms with Crippen molar-refractivity contribution >= 4 is 46.8 Å². The van der Waals surface area contributed by atoms with E-state index in [1.54, 1.807) is 28.8 Å². The monoisotopic (exact) mass is 556 g/mol. The van der Waals surface area contributed by atoms with Gasteiger partial charge in [-0.05, 0) is 54.7 Å². The molecular formula is C30H34Cl2N2O2S. The molecule has 3 aromatic rings. The number of thioether (sulfide) groups is 1. The molecule has 0 spiro atoms. The third-order valence-corrected chi connectivity index (χ3v) is 8.06. The molecule has 196 valence electrons. The summed E-state index contributed by atoms with van der Waals surface area (Å²) in [7, 11) is 0. The average Bonchev–Trinajstić information content (AvgIpc) is 2.89. The number of aryl methyl sites for hydroxylation is 1. The van der Waals surface area contributed by atoms with E-state index in [1.807, 2.05) is 62.4 Å². The first-order chi connectivity index (χ1) is 17.8. The number of rotatable bonds is 12. The number of hydrogen-bond donors (Lipinski definition) is 1. The van der Waals surface area contributed by atoms with E-state index in [9.17, 15) is 9.59 Å². The quantitative estimate of drug-likeness (QED) is 0.259. The molecule has 0 aliphatic heterocycles. The van der Waals surface area contributed by atoms with Gasteiger partial charge in [-0.1, -0.05) is 90.8 Å². The van der Waals surface area contributed by atoms with Crippen LogP contribution in [0.5, 0.6) is 0 Å². The number of nitrogens with zero attached hydrogens (tertiary/aromatic N) is 1. The highest BCUT2D eigenvalue weighted by atomic mass is 35.5. The Balaban J connectivity index is 1.89. The molecular weight excluding hydrogens is 523 g/mol. The zero-order chi connectivity index (χ0) is 26.8. The molecule has 4 nitrogen and oxygen atoms in total. The lowest BCUT2D eigenvalue weighted by Crippen LogP contribution is -2.52. The van der Waals surface area contributed by atoms with Gasteiger partial charge in [-0.25, -0.2) is 0 Å². The van der Waals surface area contributed by atoms with E-state index < -0.39 is 6.04 Å². The van der Waals surface area contributed by atoms with Gasteiger partial charge in [0.25, 0.3) is 0 Å². The van der Waals surface area contributed by atoms with Crippen LogP contribution in [-0.4, -0.2) is 34.6 Å². The highest BCUT2D eigenvalue weighted by Crippen LogP contribution is 2.25. The van der Waals surface area contributed by atoms with Crippen molar-refractivity contribution < 1.29 is 9.59 Å². The van der Waals surface area contributed by atoms with Crippen LogP contribution >= 0.6 is 35.0 Å². The first kappa shape index (κ1) is 29.1. The van der Waals surface area contributed by atoms with E-state index in [0.717, 1.165) is 23.3 Å². The Morgan fingerprint density at radius 2 is 1.65 bits per heavy atom. The summed E-state index contributed by atoms with van der Waals surface area (Å²) in [6.07, 6.45) is 1.22. The van der Waals surface area contributed by atoms with Gasteiger partial charge < -0.3 is 10.2 Å². The SMILES string of the molecule is CC[C@H](C)NC(=O)[C@H](Cc1ccccc1)N(Cc1ccc(Cl)c(Cl)c1)C(=O)CSCc1ccccc1C. The number of nitrogens with one attached hydrogen (secondary N) is 1. The number of benzene rings is 3. The van der Waals surface area contributed by atoms with Crippen LogP contribution < -0.4 is 5.32 Å². The molecule has 3 aromatic carbocycles. The molecule has 0 aliphatic carbocycles. The molecule has 0 unspecified atom stereocenters. The number of halogens is 2. The smallest absolute Gasteiger partial charge is 0.243 e. The highest BCUT2D eigenvalue weighted by molar-refractivity contribution is 7.99. The molecule has 0 saturated carbocycles. The zero-order valence-corrected chi connectivity index (χ0v) is 23.9. The maximum Gasteiger partial charge on any atom is 0.243 e. The fourth-order valence-corrected chi connectivity index (χ4v) is 5.24. The maximum absolute atomic E-state index is 13.7. The molecule has 0 aromatic heterocycles. The van der Waals surface area contributed by atoms with Crippen molar-refractivity contribution in [3.8, 4) is 0 Å². The predicted octanol–water partition coefficient (Wildman–Crippen LogP) is 7.09. The van der Waals surface area contributed by atoms with Gasteiger partial charge in [0.05, 0.1) is 15.8 Å². The van der Waals surface area contributed by atoms with Crippen LogP contribution in [0, 0.1) is 6.92 Å². The van der Waals surface area contributed by atoms with Gasteiger partial charge in [0, 0.05) is 24.8 Å². The van der Waals surface area contributed by atoms with Crippen molar-refractivity contribution in [3.05, 3.63) is 105 Å². The first-order valence-electron chi connectivity index (χ1n) is 12.5. The predicted molar refractivity (Wildman–Crippen MR) is 156 cm³/mol. The van der Waals surface area contributed by atoms with E-state index in [-0.39, 0.29) is 30.2 Å². The lowest BCUT2D eigenvalue weighted by Gasteiger charge is -2.32. The summed E-state index contributed by atoms with van der Waals surface area (Å²) in [6, 6.07) is 22.6. The van der Waals surface area contributed by atoms with Gasteiger partial charge in [-0.15, -0.1) is 11.8 Å². The summed E-state index contributed by atoms with van der Waals surface area (Å²) in [5.41, 5.74) is 4.21. The molecule has 0 aliphatic rings. The summed E-state index contributed by atoms with van der Waals surface area (Å²) >= 11 is 14.0. The Labute approximate surface area is 234 Å². The molecule has 7 heteroatoms. The fourth-order valence-electron chi connectivity index (χ4n) is 3.93. The molecule has 1 N–H and O–H groups in total. The third kappa shape index (κ3) is 8.80. The normalized spacial score (nSPS) is 12.6. The van der Waals surface area contributed by atoms with Crippen LogP contribution in [0.4, 0.5) is 0 Å². The van der Waals surface area contributed by atoms with Crippen molar-refractivity contribution in [2.45, 2.75) is 58.0 Å². The first-order valence-corrected chi connectivity index (χ1v) is 14.4. The summed E-state index contributed by atoms with van der Waals surface area (Å²) in [5, 5.41) is 3.97. The van der Waals surface area contributed by atoms with Gasteiger partial charge in [-0.2, -0.15) is 0 Å². The highest BCUT2D eigenvalue weighted by Gasteiger charge is 2.31. The maximum atomic E-state index is 13.7. The average molecular weight is 558 g/mol. The summed E-state index contributed by atoms with van der Waals surface area (Å²) in [6.45, 7) is 6.33. The van der Waals surface area contributed by atoms with Gasteiger partial charge in [0.15, 0.2) is 0 Å². The number of carbonyl (C=O) groups is 2. The summed E-state index contributed by atoms with van der Waals surface area (Å²) < 4.78 is 0. The van der Waals surface area contributed by atoms with Crippen LogP contribution in [0.2, 0.25) is 10.0 Å². The molecule has 0 bridgehead atoms. The van der Waals surface area contributed by atoms with Crippen molar-refractivity contribution in [1.82, 2.24) is 10.2 Å². The second kappa shape index (κ2) is 14.5. The summed E-state index contributed by atoms with van der Waals surface area (Å²) in [5.74, 6) is 0.735. The molecule has 0 saturated heterocycles. The Hall–Kier alpha value is -2.47. The third-order valence-electron chi connectivity index (χ3n) is 6.35. The Morgan fingerprint density at radius 3 is 2.32 bits per heavy atom. The van der Waals surface area contributed by atoms with Gasteiger partial charge in [0.2, 0.25) is 11.8 Å². The van der Waals surface area contributed by atoms with Crippen molar-refractivity contribution in [2.24, 2.45) is 0 Å². The van der Waals surface area contributed by atoms with Crippen LogP contribution in [0.3, 0.4) is 0 Å². The number of amides is 2. The molecule has 0 radical (unpaired) electrons. The molecule has 0 heterocycles. The Bertz CT molecular complexity index is 1190. The van der Waals surface area contributed by atoms with Gasteiger partial charge in [0.1, 0.15) is 6.04 Å². The van der Waals surface area contributed by atoms with Crippen molar-refractivity contribution in [2.75, 3.05) is 5.75 Å². The minimum Gasteiger partial charge on any atom is -0.352 e.